The van der Waals surface area contributed by atoms with Crippen molar-refractivity contribution in [2.75, 3.05) is 32.4 Å². The van der Waals surface area contributed by atoms with Gasteiger partial charge in [0.25, 0.3) is 0 Å². The number of H-pyrrole nitrogens is 1. The maximum absolute atomic E-state index is 11.6. The summed E-state index contributed by atoms with van der Waals surface area (Å²) in [7, 11) is -2.73. The Morgan fingerprint density at radius 1 is 1.46 bits per heavy atom. The Hall–Kier alpha value is -1.17. The number of aromatic nitrogens is 2. The molecular weight excluding hydrogens is 379 g/mol. The first kappa shape index (κ1) is 19.6. The van der Waals surface area contributed by atoms with E-state index >= 15 is 0 Å². The molecule has 4 heterocycles. The topological polar surface area (TPSA) is 108 Å². The molecule has 2 aromatic rings. The summed E-state index contributed by atoms with van der Waals surface area (Å²) in [5.74, 6) is 0.0859. The van der Waals surface area contributed by atoms with Gasteiger partial charge in [-0.2, -0.15) is 0 Å². The van der Waals surface area contributed by atoms with Crippen molar-refractivity contribution in [1.29, 1.82) is 0 Å². The van der Waals surface area contributed by atoms with Crippen molar-refractivity contribution in [1.82, 2.24) is 19.6 Å². The molecule has 8 nitrogen and oxygen atoms in total. The highest BCUT2D eigenvalue weighted by Gasteiger charge is 2.49. The number of likely N-dealkylation sites (tertiary alicyclic amines) is 1. The molecule has 142 valence electrons. The second-order valence-corrected chi connectivity index (χ2v) is 8.70. The standard InChI is InChI=1S/C15H21BN4O4S.ClH/c1-17-25(22,23)9-8-20-6-3-15(4-7-20)13-11-2-5-18-14(11)19-10-12(13)16(21)24-15;/h2,5,10,17,21H,3-4,6-9H2,1H3,(H,18,19);1H. The highest BCUT2D eigenvalue weighted by Crippen LogP contribution is 2.42. The van der Waals surface area contributed by atoms with Crippen molar-refractivity contribution < 1.29 is 18.1 Å². The Morgan fingerprint density at radius 2 is 2.19 bits per heavy atom. The van der Waals surface area contributed by atoms with Gasteiger partial charge in [0.05, 0.1) is 11.4 Å². The molecule has 0 amide bonds. The molecule has 0 saturated carbocycles. The molecule has 0 aromatic carbocycles. The monoisotopic (exact) mass is 400 g/mol. The van der Waals surface area contributed by atoms with Crippen LogP contribution in [0.4, 0.5) is 0 Å². The second kappa shape index (κ2) is 7.10. The van der Waals surface area contributed by atoms with Gasteiger partial charge in [0.1, 0.15) is 5.65 Å². The van der Waals surface area contributed by atoms with Gasteiger partial charge in [0, 0.05) is 42.9 Å². The Labute approximate surface area is 158 Å². The van der Waals surface area contributed by atoms with Crippen LogP contribution in [0.2, 0.25) is 0 Å². The van der Waals surface area contributed by atoms with Crippen LogP contribution in [0, 0.1) is 0 Å². The molecule has 1 fully saturated rings. The number of pyridine rings is 1. The van der Waals surface area contributed by atoms with E-state index in [1.807, 2.05) is 12.3 Å². The zero-order valence-corrected chi connectivity index (χ0v) is 16.1. The average molecular weight is 401 g/mol. The SMILES string of the molecule is CNS(=O)(=O)CCN1CCC2(CC1)OB(O)c1cnc3[nH]ccc3c12.Cl. The molecular formula is C15H22BClN4O4S. The Kier molecular flexibility index (Phi) is 5.35. The molecule has 0 bridgehead atoms. The lowest BCUT2D eigenvalue weighted by molar-refractivity contribution is -0.00307. The van der Waals surface area contributed by atoms with Gasteiger partial charge in [-0.05, 0) is 31.5 Å². The van der Waals surface area contributed by atoms with Crippen LogP contribution in [0.3, 0.4) is 0 Å². The van der Waals surface area contributed by atoms with Gasteiger partial charge in [-0.3, -0.25) is 0 Å². The van der Waals surface area contributed by atoms with Crippen molar-refractivity contribution in [2.45, 2.75) is 18.4 Å². The van der Waals surface area contributed by atoms with Gasteiger partial charge in [-0.15, -0.1) is 12.4 Å². The summed E-state index contributed by atoms with van der Waals surface area (Å²) >= 11 is 0. The van der Waals surface area contributed by atoms with E-state index in [1.165, 1.54) is 7.05 Å². The third kappa shape index (κ3) is 3.25. The minimum atomic E-state index is -3.20. The largest absolute Gasteiger partial charge is 0.493 e. The van der Waals surface area contributed by atoms with Crippen molar-refractivity contribution in [2.24, 2.45) is 0 Å². The molecule has 2 aliphatic rings. The summed E-state index contributed by atoms with van der Waals surface area (Å²) in [5, 5.41) is 11.3. The van der Waals surface area contributed by atoms with Crippen LogP contribution in [-0.4, -0.2) is 67.9 Å². The summed E-state index contributed by atoms with van der Waals surface area (Å²) in [6.45, 7) is 1.93. The predicted octanol–water partition coefficient (Wildman–Crippen LogP) is -0.457. The lowest BCUT2D eigenvalue weighted by Gasteiger charge is -2.40. The molecule has 1 saturated heterocycles. The first-order valence-electron chi connectivity index (χ1n) is 8.40. The molecule has 2 aliphatic heterocycles. The predicted molar refractivity (Wildman–Crippen MR) is 102 cm³/mol. The molecule has 1 spiro atoms. The van der Waals surface area contributed by atoms with Gasteiger partial charge in [0.15, 0.2) is 0 Å². The molecule has 11 heteroatoms. The van der Waals surface area contributed by atoms with E-state index in [0.717, 1.165) is 35.1 Å². The first-order valence-corrected chi connectivity index (χ1v) is 10.1. The van der Waals surface area contributed by atoms with Gasteiger partial charge < -0.3 is 19.6 Å². The summed E-state index contributed by atoms with van der Waals surface area (Å²) in [5.41, 5.74) is 2.02. The van der Waals surface area contributed by atoms with Crippen LogP contribution in [0.5, 0.6) is 0 Å². The van der Waals surface area contributed by atoms with E-state index in [9.17, 15) is 13.4 Å². The number of fused-ring (bicyclic) bond motifs is 4. The number of piperidine rings is 1. The lowest BCUT2D eigenvalue weighted by Crippen LogP contribution is -2.45. The van der Waals surface area contributed by atoms with Gasteiger partial charge in [-0.1, -0.05) is 0 Å². The number of hydrogen-bond donors (Lipinski definition) is 3. The molecule has 3 N–H and O–H groups in total. The fourth-order valence-corrected chi connectivity index (χ4v) is 4.61. The van der Waals surface area contributed by atoms with Gasteiger partial charge in [-0.25, -0.2) is 18.1 Å². The summed E-state index contributed by atoms with van der Waals surface area (Å²) in [4.78, 5) is 9.58. The van der Waals surface area contributed by atoms with Crippen LogP contribution < -0.4 is 10.2 Å². The maximum atomic E-state index is 11.6. The van der Waals surface area contributed by atoms with Crippen molar-refractivity contribution >= 4 is 46.0 Å². The van der Waals surface area contributed by atoms with E-state index in [1.54, 1.807) is 6.20 Å². The number of aromatic amines is 1. The fourth-order valence-electron chi connectivity index (χ4n) is 3.91. The molecule has 0 radical (unpaired) electrons. The van der Waals surface area contributed by atoms with Crippen LogP contribution in [0.15, 0.2) is 18.5 Å². The first-order chi connectivity index (χ1) is 11.9. The van der Waals surface area contributed by atoms with E-state index in [4.69, 9.17) is 4.65 Å². The summed E-state index contributed by atoms with van der Waals surface area (Å²) in [6.07, 6.45) is 4.94. The Balaban J connectivity index is 0.00000196. The van der Waals surface area contributed by atoms with Crippen LogP contribution in [0.25, 0.3) is 11.0 Å². The molecule has 0 unspecified atom stereocenters. The van der Waals surface area contributed by atoms with E-state index in [-0.39, 0.29) is 18.2 Å². The van der Waals surface area contributed by atoms with E-state index in [2.05, 4.69) is 19.6 Å². The number of rotatable bonds is 4. The smallest absolute Gasteiger partial charge is 0.423 e. The number of halogens is 1. The van der Waals surface area contributed by atoms with E-state index in [0.29, 0.717) is 19.4 Å². The normalized spacial score (nSPS) is 19.7. The molecule has 4 rings (SSSR count). The third-order valence-corrected chi connectivity index (χ3v) is 6.67. The van der Waals surface area contributed by atoms with Gasteiger partial charge in [0.2, 0.25) is 10.0 Å². The fraction of sp³-hybridized carbons (Fsp3) is 0.533. The molecule has 0 atom stereocenters. The highest BCUT2D eigenvalue weighted by atomic mass is 35.5. The van der Waals surface area contributed by atoms with Crippen LogP contribution >= 0.6 is 12.4 Å². The third-order valence-electron chi connectivity index (χ3n) is 5.33. The molecule has 26 heavy (non-hydrogen) atoms. The lowest BCUT2D eigenvalue weighted by atomic mass is 9.76. The molecule has 2 aromatic heterocycles. The number of nitrogens with one attached hydrogen (secondary N) is 2. The molecule has 0 aliphatic carbocycles. The average Bonchev–Trinajstić information content (AvgIpc) is 3.18. The summed E-state index contributed by atoms with van der Waals surface area (Å²) < 4.78 is 31.6. The zero-order chi connectivity index (χ0) is 17.7. The zero-order valence-electron chi connectivity index (χ0n) is 14.4. The number of sulfonamides is 1. The van der Waals surface area contributed by atoms with Gasteiger partial charge >= 0.3 is 7.12 Å². The van der Waals surface area contributed by atoms with E-state index < -0.39 is 22.7 Å². The van der Waals surface area contributed by atoms with Crippen LogP contribution in [-0.2, 0) is 20.3 Å². The minimum Gasteiger partial charge on any atom is -0.423 e. The van der Waals surface area contributed by atoms with Crippen molar-refractivity contribution in [3.05, 3.63) is 24.0 Å². The van der Waals surface area contributed by atoms with Crippen molar-refractivity contribution in [3.63, 3.8) is 0 Å². The Morgan fingerprint density at radius 3 is 2.88 bits per heavy atom. The van der Waals surface area contributed by atoms with Crippen molar-refractivity contribution in [3.8, 4) is 0 Å². The number of nitrogens with zero attached hydrogens (tertiary/aromatic N) is 2. The number of hydrogen-bond acceptors (Lipinski definition) is 6. The minimum absolute atomic E-state index is 0. The quantitative estimate of drug-likeness (QED) is 0.600. The van der Waals surface area contributed by atoms with Crippen LogP contribution in [0.1, 0.15) is 18.4 Å². The Bertz CT molecular complexity index is 898. The second-order valence-electron chi connectivity index (χ2n) is 6.66. The highest BCUT2D eigenvalue weighted by molar-refractivity contribution is 7.89. The summed E-state index contributed by atoms with van der Waals surface area (Å²) in [6, 6.07) is 1.97. The maximum Gasteiger partial charge on any atom is 0.493 e.